The summed E-state index contributed by atoms with van der Waals surface area (Å²) >= 11 is 0. The zero-order valence-electron chi connectivity index (χ0n) is 10.1. The Kier molecular flexibility index (Phi) is 2.20. The summed E-state index contributed by atoms with van der Waals surface area (Å²) in [5, 5.41) is 0. The molecule has 2 nitrogen and oxygen atoms in total. The highest BCUT2D eigenvalue weighted by molar-refractivity contribution is 5.25. The maximum absolute atomic E-state index is 12.1. The lowest BCUT2D eigenvalue weighted by Crippen LogP contribution is -2.33. The molecule has 86 valence electrons. The number of aromatic nitrogens is 1. The predicted molar refractivity (Wildman–Crippen MR) is 64.8 cm³/mol. The van der Waals surface area contributed by atoms with Crippen LogP contribution in [-0.2, 0) is 0 Å². The summed E-state index contributed by atoms with van der Waals surface area (Å²) in [7, 11) is 0. The zero-order valence-corrected chi connectivity index (χ0v) is 10.1. The molecular formula is C14H19NO. The first-order chi connectivity index (χ1) is 7.65. The summed E-state index contributed by atoms with van der Waals surface area (Å²) in [4.78, 5) is 12.1. The Balaban J connectivity index is 1.98. The maximum atomic E-state index is 12.1. The molecule has 0 saturated heterocycles. The summed E-state index contributed by atoms with van der Waals surface area (Å²) in [5.41, 5.74) is 2.53. The van der Waals surface area contributed by atoms with Crippen LogP contribution in [0.1, 0.15) is 55.7 Å². The molecular weight excluding hydrogens is 198 g/mol. The summed E-state index contributed by atoms with van der Waals surface area (Å²) in [5.74, 6) is 1.53. The molecule has 0 spiro atoms. The van der Waals surface area contributed by atoms with Gasteiger partial charge in [0.25, 0.3) is 5.56 Å². The van der Waals surface area contributed by atoms with Crippen molar-refractivity contribution in [1.82, 2.24) is 4.57 Å². The molecule has 0 unspecified atom stereocenters. The van der Waals surface area contributed by atoms with Gasteiger partial charge in [-0.2, -0.15) is 0 Å². The SMILES string of the molecule is Cc1cc(C2CC2)cn(C2CC(C)C2)c1=O. The second-order valence-electron chi connectivity index (χ2n) is 5.67. The Morgan fingerprint density at radius 1 is 1.31 bits per heavy atom. The van der Waals surface area contributed by atoms with E-state index in [4.69, 9.17) is 0 Å². The third-order valence-electron chi connectivity index (χ3n) is 4.03. The normalized spacial score (nSPS) is 28.9. The predicted octanol–water partition coefficient (Wildman–Crippen LogP) is 3.01. The minimum Gasteiger partial charge on any atom is -0.312 e. The molecule has 0 aromatic carbocycles. The van der Waals surface area contributed by atoms with Gasteiger partial charge in [-0.3, -0.25) is 4.79 Å². The van der Waals surface area contributed by atoms with Crippen molar-refractivity contribution in [2.45, 2.75) is 51.5 Å². The summed E-state index contributed by atoms with van der Waals surface area (Å²) in [6.07, 6.45) is 7.09. The average Bonchev–Trinajstić information content (AvgIpc) is 3.01. The second-order valence-corrected chi connectivity index (χ2v) is 5.67. The molecule has 3 rings (SSSR count). The summed E-state index contributed by atoms with van der Waals surface area (Å²) in [6, 6.07) is 2.57. The molecule has 2 heteroatoms. The Bertz CT molecular complexity index is 464. The van der Waals surface area contributed by atoms with Gasteiger partial charge in [-0.15, -0.1) is 0 Å². The third-order valence-corrected chi connectivity index (χ3v) is 4.03. The number of hydrogen-bond acceptors (Lipinski definition) is 1. The fraction of sp³-hybridized carbons (Fsp3) is 0.643. The van der Waals surface area contributed by atoms with Crippen LogP contribution in [0.4, 0.5) is 0 Å². The van der Waals surface area contributed by atoms with Gasteiger partial charge in [-0.25, -0.2) is 0 Å². The Morgan fingerprint density at radius 3 is 2.56 bits per heavy atom. The number of hydrogen-bond donors (Lipinski definition) is 0. The van der Waals surface area contributed by atoms with Gasteiger partial charge >= 0.3 is 0 Å². The van der Waals surface area contributed by atoms with Gasteiger partial charge < -0.3 is 4.57 Å². The van der Waals surface area contributed by atoms with Gasteiger partial charge in [-0.1, -0.05) is 6.92 Å². The van der Waals surface area contributed by atoms with Crippen molar-refractivity contribution in [3.8, 4) is 0 Å². The van der Waals surface area contributed by atoms with E-state index in [2.05, 4.69) is 19.2 Å². The number of rotatable bonds is 2. The number of nitrogens with zero attached hydrogens (tertiary/aromatic N) is 1. The highest BCUT2D eigenvalue weighted by Gasteiger charge is 2.30. The minimum atomic E-state index is 0.223. The first kappa shape index (κ1) is 10.1. The Morgan fingerprint density at radius 2 is 2.00 bits per heavy atom. The monoisotopic (exact) mass is 217 g/mol. The van der Waals surface area contributed by atoms with Crippen LogP contribution in [0, 0.1) is 12.8 Å². The minimum absolute atomic E-state index is 0.223. The number of pyridine rings is 1. The van der Waals surface area contributed by atoms with Gasteiger partial charge in [0.1, 0.15) is 0 Å². The zero-order chi connectivity index (χ0) is 11.3. The van der Waals surface area contributed by atoms with E-state index in [0.717, 1.165) is 17.4 Å². The molecule has 0 aliphatic heterocycles. The van der Waals surface area contributed by atoms with Gasteiger partial charge in [-0.05, 0) is 56.1 Å². The van der Waals surface area contributed by atoms with Crippen molar-refractivity contribution in [2.75, 3.05) is 0 Å². The van der Waals surface area contributed by atoms with E-state index < -0.39 is 0 Å². The van der Waals surface area contributed by atoms with E-state index >= 15 is 0 Å². The first-order valence-corrected chi connectivity index (χ1v) is 6.38. The average molecular weight is 217 g/mol. The largest absolute Gasteiger partial charge is 0.312 e. The molecule has 0 amide bonds. The molecule has 2 aliphatic rings. The van der Waals surface area contributed by atoms with Crippen LogP contribution in [-0.4, -0.2) is 4.57 Å². The van der Waals surface area contributed by atoms with Crippen molar-refractivity contribution in [3.63, 3.8) is 0 Å². The smallest absolute Gasteiger partial charge is 0.253 e. The van der Waals surface area contributed by atoms with Crippen LogP contribution in [0.3, 0.4) is 0 Å². The van der Waals surface area contributed by atoms with E-state index in [-0.39, 0.29) is 5.56 Å². The third kappa shape index (κ3) is 1.60. The van der Waals surface area contributed by atoms with E-state index in [1.54, 1.807) is 0 Å². The van der Waals surface area contributed by atoms with Crippen LogP contribution in [0.25, 0.3) is 0 Å². The van der Waals surface area contributed by atoms with E-state index in [1.165, 1.54) is 31.2 Å². The molecule has 16 heavy (non-hydrogen) atoms. The van der Waals surface area contributed by atoms with Gasteiger partial charge in [0.15, 0.2) is 0 Å². The molecule has 1 aromatic rings. The van der Waals surface area contributed by atoms with Crippen molar-refractivity contribution >= 4 is 0 Å². The Hall–Kier alpha value is -1.05. The summed E-state index contributed by atoms with van der Waals surface area (Å²) in [6.45, 7) is 4.21. The quantitative estimate of drug-likeness (QED) is 0.746. The molecule has 0 radical (unpaired) electrons. The molecule has 2 aliphatic carbocycles. The molecule has 0 N–H and O–H groups in total. The molecule has 2 saturated carbocycles. The lowest BCUT2D eigenvalue weighted by molar-refractivity contribution is 0.211. The fourth-order valence-corrected chi connectivity index (χ4v) is 2.77. The van der Waals surface area contributed by atoms with Crippen LogP contribution in [0.5, 0.6) is 0 Å². The van der Waals surface area contributed by atoms with Crippen molar-refractivity contribution in [2.24, 2.45) is 5.92 Å². The van der Waals surface area contributed by atoms with Crippen LogP contribution in [0.15, 0.2) is 17.1 Å². The molecule has 1 aromatic heterocycles. The highest BCUT2D eigenvalue weighted by atomic mass is 16.1. The van der Waals surface area contributed by atoms with Gasteiger partial charge in [0, 0.05) is 17.8 Å². The van der Waals surface area contributed by atoms with E-state index in [0.29, 0.717) is 6.04 Å². The first-order valence-electron chi connectivity index (χ1n) is 6.38. The van der Waals surface area contributed by atoms with Crippen molar-refractivity contribution in [3.05, 3.63) is 33.7 Å². The molecule has 0 atom stereocenters. The van der Waals surface area contributed by atoms with Crippen LogP contribution in [0.2, 0.25) is 0 Å². The standard InChI is InChI=1S/C14H19NO/c1-9-5-13(6-9)15-8-12(11-3-4-11)7-10(2)14(15)16/h7-9,11,13H,3-6H2,1-2H3. The fourth-order valence-electron chi connectivity index (χ4n) is 2.77. The lowest BCUT2D eigenvalue weighted by atomic mass is 9.81. The Labute approximate surface area is 96.3 Å². The summed E-state index contributed by atoms with van der Waals surface area (Å²) < 4.78 is 2.00. The maximum Gasteiger partial charge on any atom is 0.253 e. The molecule has 2 fully saturated rings. The highest BCUT2D eigenvalue weighted by Crippen LogP contribution is 2.41. The van der Waals surface area contributed by atoms with E-state index in [9.17, 15) is 4.79 Å². The second kappa shape index (κ2) is 3.47. The van der Waals surface area contributed by atoms with Crippen molar-refractivity contribution < 1.29 is 0 Å². The molecule has 0 bridgehead atoms. The number of aryl methyl sites for hydroxylation is 1. The topological polar surface area (TPSA) is 22.0 Å². The van der Waals surface area contributed by atoms with E-state index in [1.807, 2.05) is 11.5 Å². The van der Waals surface area contributed by atoms with Crippen LogP contribution < -0.4 is 5.56 Å². The molecule has 1 heterocycles. The van der Waals surface area contributed by atoms with Crippen molar-refractivity contribution in [1.29, 1.82) is 0 Å². The van der Waals surface area contributed by atoms with Gasteiger partial charge in [0.2, 0.25) is 0 Å². The van der Waals surface area contributed by atoms with Gasteiger partial charge in [0.05, 0.1) is 0 Å². The lowest BCUT2D eigenvalue weighted by Gasteiger charge is -2.34. The van der Waals surface area contributed by atoms with Crippen LogP contribution >= 0.6 is 0 Å².